The van der Waals surface area contributed by atoms with Crippen molar-refractivity contribution in [3.8, 4) is 0 Å². The fourth-order valence-electron chi connectivity index (χ4n) is 3.00. The number of carbonyl (C=O) groups excluding carboxylic acids is 1. The molecule has 1 aliphatic rings. The van der Waals surface area contributed by atoms with E-state index in [-0.39, 0.29) is 5.91 Å². The summed E-state index contributed by atoms with van der Waals surface area (Å²) in [5.41, 5.74) is 4.95. The molecule has 0 unspecified atom stereocenters. The van der Waals surface area contributed by atoms with Crippen molar-refractivity contribution < 1.29 is 4.79 Å². The Morgan fingerprint density at radius 2 is 2.00 bits per heavy atom. The van der Waals surface area contributed by atoms with Crippen molar-refractivity contribution in [2.75, 3.05) is 5.32 Å². The van der Waals surface area contributed by atoms with Crippen molar-refractivity contribution in [1.82, 2.24) is 14.9 Å². The molecule has 0 spiro atoms. The zero-order chi connectivity index (χ0) is 16.4. The molecule has 0 saturated heterocycles. The molecule has 4 rings (SSSR count). The maximum absolute atomic E-state index is 12.6. The van der Waals surface area contributed by atoms with Crippen LogP contribution in [0.5, 0.6) is 0 Å². The molecule has 1 aromatic carbocycles. The number of hydrogen-bond acceptors (Lipinski definition) is 3. The van der Waals surface area contributed by atoms with Gasteiger partial charge < -0.3 is 15.2 Å². The van der Waals surface area contributed by atoms with E-state index in [0.717, 1.165) is 17.1 Å². The van der Waals surface area contributed by atoms with Crippen LogP contribution in [0.4, 0.5) is 5.69 Å². The highest BCUT2D eigenvalue weighted by atomic mass is 16.1. The van der Waals surface area contributed by atoms with Crippen molar-refractivity contribution in [3.05, 3.63) is 83.4 Å². The SMILES string of the molecule is O=C(NCc1ccccn1)c1ccc2n1Cc1ccccc1NC2. The van der Waals surface area contributed by atoms with Crippen LogP contribution in [-0.4, -0.2) is 15.5 Å². The first-order valence-corrected chi connectivity index (χ1v) is 7.99. The Morgan fingerprint density at radius 3 is 2.88 bits per heavy atom. The second kappa shape index (κ2) is 6.20. The third-order valence-corrected chi connectivity index (χ3v) is 4.27. The van der Waals surface area contributed by atoms with Crippen molar-refractivity contribution in [2.24, 2.45) is 0 Å². The van der Waals surface area contributed by atoms with Crippen molar-refractivity contribution in [2.45, 2.75) is 19.6 Å². The minimum absolute atomic E-state index is 0.0775. The predicted molar refractivity (Wildman–Crippen MR) is 92.7 cm³/mol. The Hall–Kier alpha value is -3.08. The number of nitrogens with one attached hydrogen (secondary N) is 2. The molecule has 0 fully saturated rings. The smallest absolute Gasteiger partial charge is 0.268 e. The lowest BCUT2D eigenvalue weighted by Gasteiger charge is -2.11. The van der Waals surface area contributed by atoms with Gasteiger partial charge in [0.05, 0.1) is 25.3 Å². The van der Waals surface area contributed by atoms with Gasteiger partial charge in [0, 0.05) is 17.6 Å². The molecule has 2 aromatic heterocycles. The summed E-state index contributed by atoms with van der Waals surface area (Å²) >= 11 is 0. The first-order chi connectivity index (χ1) is 11.8. The second-order valence-electron chi connectivity index (χ2n) is 5.81. The minimum atomic E-state index is -0.0775. The van der Waals surface area contributed by atoms with E-state index in [1.165, 1.54) is 5.56 Å². The number of rotatable bonds is 3. The van der Waals surface area contributed by atoms with Crippen molar-refractivity contribution in [1.29, 1.82) is 0 Å². The summed E-state index contributed by atoms with van der Waals surface area (Å²) < 4.78 is 2.08. The fraction of sp³-hybridized carbons (Fsp3) is 0.158. The molecule has 0 aliphatic carbocycles. The number of carbonyl (C=O) groups is 1. The molecular formula is C19H18N4O. The number of aromatic nitrogens is 2. The van der Waals surface area contributed by atoms with Gasteiger partial charge >= 0.3 is 0 Å². The summed E-state index contributed by atoms with van der Waals surface area (Å²) in [6.07, 6.45) is 1.73. The van der Waals surface area contributed by atoms with Gasteiger partial charge in [-0.3, -0.25) is 9.78 Å². The molecule has 1 amide bonds. The molecule has 24 heavy (non-hydrogen) atoms. The highest BCUT2D eigenvalue weighted by Crippen LogP contribution is 2.24. The van der Waals surface area contributed by atoms with E-state index < -0.39 is 0 Å². The predicted octanol–water partition coefficient (Wildman–Crippen LogP) is 2.79. The molecule has 5 heteroatoms. The van der Waals surface area contributed by atoms with Gasteiger partial charge in [-0.1, -0.05) is 24.3 Å². The molecule has 0 atom stereocenters. The topological polar surface area (TPSA) is 59.0 Å². The summed E-state index contributed by atoms with van der Waals surface area (Å²) in [5, 5.41) is 6.38. The van der Waals surface area contributed by atoms with Gasteiger partial charge in [-0.2, -0.15) is 0 Å². The van der Waals surface area contributed by atoms with Gasteiger partial charge in [0.15, 0.2) is 0 Å². The van der Waals surface area contributed by atoms with Crippen LogP contribution in [-0.2, 0) is 19.6 Å². The van der Waals surface area contributed by atoms with Crippen LogP contribution >= 0.6 is 0 Å². The highest BCUT2D eigenvalue weighted by molar-refractivity contribution is 5.93. The van der Waals surface area contributed by atoms with Crippen molar-refractivity contribution >= 4 is 11.6 Å². The first kappa shape index (κ1) is 14.5. The molecule has 3 heterocycles. The van der Waals surface area contributed by atoms with Crippen LogP contribution in [0.15, 0.2) is 60.8 Å². The number of pyridine rings is 1. The summed E-state index contributed by atoms with van der Waals surface area (Å²) in [4.78, 5) is 16.8. The lowest BCUT2D eigenvalue weighted by molar-refractivity contribution is 0.0941. The lowest BCUT2D eigenvalue weighted by Crippen LogP contribution is -2.26. The maximum atomic E-state index is 12.6. The molecule has 3 aromatic rings. The normalized spacial score (nSPS) is 12.5. The Morgan fingerprint density at radius 1 is 1.12 bits per heavy atom. The number of para-hydroxylation sites is 1. The van der Waals surface area contributed by atoms with Gasteiger partial charge in [0.25, 0.3) is 5.91 Å². The van der Waals surface area contributed by atoms with E-state index in [4.69, 9.17) is 0 Å². The largest absolute Gasteiger partial charge is 0.379 e. The van der Waals surface area contributed by atoms with Crippen LogP contribution in [0.3, 0.4) is 0 Å². The number of amides is 1. The van der Waals surface area contributed by atoms with Crippen LogP contribution in [0.25, 0.3) is 0 Å². The van der Waals surface area contributed by atoms with E-state index in [1.807, 2.05) is 42.5 Å². The molecule has 5 nitrogen and oxygen atoms in total. The molecule has 0 radical (unpaired) electrons. The average molecular weight is 318 g/mol. The summed E-state index contributed by atoms with van der Waals surface area (Å²) in [7, 11) is 0. The number of anilines is 1. The first-order valence-electron chi connectivity index (χ1n) is 7.99. The number of nitrogens with zero attached hydrogens (tertiary/aromatic N) is 2. The standard InChI is InChI=1S/C19H18N4O/c24-19(22-11-15-6-3-4-10-20-15)18-9-8-16-12-21-17-7-2-1-5-14(17)13-23(16)18/h1-10,21H,11-13H2,(H,22,24). The quantitative estimate of drug-likeness (QED) is 0.781. The zero-order valence-electron chi connectivity index (χ0n) is 13.2. The Bertz CT molecular complexity index is 870. The van der Waals surface area contributed by atoms with E-state index in [2.05, 4.69) is 32.3 Å². The third kappa shape index (κ3) is 2.76. The Labute approximate surface area is 140 Å². The van der Waals surface area contributed by atoms with Crippen molar-refractivity contribution in [3.63, 3.8) is 0 Å². The summed E-state index contributed by atoms with van der Waals surface area (Å²) in [6, 6.07) is 17.8. The third-order valence-electron chi connectivity index (χ3n) is 4.27. The second-order valence-corrected chi connectivity index (χ2v) is 5.81. The maximum Gasteiger partial charge on any atom is 0.268 e. The fourth-order valence-corrected chi connectivity index (χ4v) is 3.00. The van der Waals surface area contributed by atoms with E-state index in [9.17, 15) is 4.79 Å². The van der Waals surface area contributed by atoms with Gasteiger partial charge in [0.2, 0.25) is 0 Å². The van der Waals surface area contributed by atoms with Gasteiger partial charge in [-0.15, -0.1) is 0 Å². The number of fused-ring (bicyclic) bond motifs is 2. The monoisotopic (exact) mass is 318 g/mol. The molecule has 0 saturated carbocycles. The Kier molecular flexibility index (Phi) is 3.75. The van der Waals surface area contributed by atoms with Gasteiger partial charge in [-0.05, 0) is 35.9 Å². The average Bonchev–Trinajstić information content (AvgIpc) is 2.93. The molecule has 2 N–H and O–H groups in total. The minimum Gasteiger partial charge on any atom is -0.379 e. The van der Waals surface area contributed by atoms with Gasteiger partial charge in [-0.25, -0.2) is 0 Å². The van der Waals surface area contributed by atoms with Crippen LogP contribution < -0.4 is 10.6 Å². The zero-order valence-corrected chi connectivity index (χ0v) is 13.2. The van der Waals surface area contributed by atoms with E-state index in [1.54, 1.807) is 6.20 Å². The van der Waals surface area contributed by atoms with Crippen LogP contribution in [0.2, 0.25) is 0 Å². The summed E-state index contributed by atoms with van der Waals surface area (Å²) in [5.74, 6) is -0.0775. The molecule has 1 aliphatic heterocycles. The lowest BCUT2D eigenvalue weighted by atomic mass is 10.2. The van der Waals surface area contributed by atoms with E-state index in [0.29, 0.717) is 25.3 Å². The van der Waals surface area contributed by atoms with Crippen LogP contribution in [0.1, 0.15) is 27.4 Å². The van der Waals surface area contributed by atoms with Gasteiger partial charge in [0.1, 0.15) is 5.69 Å². The molecule has 120 valence electrons. The summed E-state index contributed by atoms with van der Waals surface area (Å²) in [6.45, 7) is 1.83. The number of benzene rings is 1. The van der Waals surface area contributed by atoms with Crippen LogP contribution in [0, 0.1) is 0 Å². The highest BCUT2D eigenvalue weighted by Gasteiger charge is 2.18. The Balaban J connectivity index is 1.56. The van der Waals surface area contributed by atoms with E-state index >= 15 is 0 Å². The molecule has 0 bridgehead atoms. The number of hydrogen-bond donors (Lipinski definition) is 2. The molecular weight excluding hydrogens is 300 g/mol.